The SMILES string of the molecule is COc1cccc2c1Nc1c(OC)cccc1S2. The van der Waals surface area contributed by atoms with Gasteiger partial charge in [-0.25, -0.2) is 0 Å². The van der Waals surface area contributed by atoms with Gasteiger partial charge in [-0.2, -0.15) is 0 Å². The molecule has 92 valence electrons. The number of hydrogen-bond acceptors (Lipinski definition) is 4. The van der Waals surface area contributed by atoms with Gasteiger partial charge < -0.3 is 14.8 Å². The first-order valence-corrected chi connectivity index (χ1v) is 6.44. The molecule has 1 aliphatic rings. The maximum Gasteiger partial charge on any atom is 0.143 e. The lowest BCUT2D eigenvalue weighted by Crippen LogP contribution is -2.03. The highest BCUT2D eigenvalue weighted by molar-refractivity contribution is 7.99. The van der Waals surface area contributed by atoms with E-state index >= 15 is 0 Å². The molecular formula is C14H13NO2S. The minimum absolute atomic E-state index is 0.844. The average molecular weight is 259 g/mol. The van der Waals surface area contributed by atoms with Crippen LogP contribution in [0.25, 0.3) is 0 Å². The third-order valence-electron chi connectivity index (χ3n) is 2.89. The lowest BCUT2D eigenvalue weighted by molar-refractivity contribution is 0.413. The van der Waals surface area contributed by atoms with Crippen LogP contribution >= 0.6 is 11.8 Å². The molecule has 2 aromatic carbocycles. The summed E-state index contributed by atoms with van der Waals surface area (Å²) in [6.45, 7) is 0. The fraction of sp³-hybridized carbons (Fsp3) is 0.143. The average Bonchev–Trinajstić information content (AvgIpc) is 2.43. The Morgan fingerprint density at radius 2 is 1.33 bits per heavy atom. The van der Waals surface area contributed by atoms with Gasteiger partial charge in [-0.05, 0) is 24.3 Å². The number of rotatable bonds is 2. The van der Waals surface area contributed by atoms with Gasteiger partial charge in [-0.15, -0.1) is 0 Å². The van der Waals surface area contributed by atoms with Crippen LogP contribution in [-0.2, 0) is 0 Å². The normalized spacial score (nSPS) is 12.1. The molecule has 1 heterocycles. The molecule has 1 N–H and O–H groups in total. The Morgan fingerprint density at radius 1 is 0.833 bits per heavy atom. The highest BCUT2D eigenvalue weighted by Crippen LogP contribution is 2.50. The largest absolute Gasteiger partial charge is 0.495 e. The van der Waals surface area contributed by atoms with Gasteiger partial charge in [0.05, 0.1) is 25.6 Å². The van der Waals surface area contributed by atoms with Gasteiger partial charge in [0.15, 0.2) is 0 Å². The molecule has 3 nitrogen and oxygen atoms in total. The lowest BCUT2D eigenvalue weighted by atomic mass is 10.2. The van der Waals surface area contributed by atoms with E-state index in [4.69, 9.17) is 9.47 Å². The molecule has 0 amide bonds. The molecular weight excluding hydrogens is 246 g/mol. The summed E-state index contributed by atoms with van der Waals surface area (Å²) in [5.41, 5.74) is 2.00. The molecule has 0 fully saturated rings. The third kappa shape index (κ3) is 1.69. The van der Waals surface area contributed by atoms with E-state index in [1.54, 1.807) is 26.0 Å². The van der Waals surface area contributed by atoms with Gasteiger partial charge in [0, 0.05) is 9.79 Å². The molecule has 2 aromatic rings. The second-order valence-electron chi connectivity index (χ2n) is 3.89. The summed E-state index contributed by atoms with van der Waals surface area (Å²) in [5, 5.41) is 3.41. The second-order valence-corrected chi connectivity index (χ2v) is 4.98. The molecule has 0 saturated heterocycles. The zero-order valence-electron chi connectivity index (χ0n) is 10.2. The number of hydrogen-bond donors (Lipinski definition) is 1. The quantitative estimate of drug-likeness (QED) is 0.755. The standard InChI is InChI=1S/C14H13NO2S/c1-16-9-5-3-7-11-13(9)15-14-10(17-2)6-4-8-12(14)18-11/h3-8,15H,1-2H3. The Bertz CT molecular complexity index is 547. The third-order valence-corrected chi connectivity index (χ3v) is 4.01. The first kappa shape index (κ1) is 11.3. The Kier molecular flexibility index (Phi) is 2.80. The van der Waals surface area contributed by atoms with E-state index in [0.29, 0.717) is 0 Å². The molecule has 0 bridgehead atoms. The molecule has 18 heavy (non-hydrogen) atoms. The number of anilines is 2. The number of nitrogens with one attached hydrogen (secondary N) is 1. The van der Waals surface area contributed by atoms with Gasteiger partial charge in [0.25, 0.3) is 0 Å². The van der Waals surface area contributed by atoms with Crippen molar-refractivity contribution in [3.8, 4) is 11.5 Å². The maximum absolute atomic E-state index is 5.38. The summed E-state index contributed by atoms with van der Waals surface area (Å²) in [6, 6.07) is 12.1. The van der Waals surface area contributed by atoms with E-state index in [1.165, 1.54) is 0 Å². The van der Waals surface area contributed by atoms with Crippen molar-refractivity contribution >= 4 is 23.1 Å². The fourth-order valence-electron chi connectivity index (χ4n) is 2.02. The number of ether oxygens (including phenoxy) is 2. The van der Waals surface area contributed by atoms with Crippen LogP contribution in [0.5, 0.6) is 11.5 Å². The lowest BCUT2D eigenvalue weighted by Gasteiger charge is -2.24. The van der Waals surface area contributed by atoms with E-state index in [2.05, 4.69) is 17.4 Å². The van der Waals surface area contributed by atoms with Gasteiger partial charge in [-0.3, -0.25) is 0 Å². The number of para-hydroxylation sites is 2. The van der Waals surface area contributed by atoms with Crippen LogP contribution in [0.2, 0.25) is 0 Å². The van der Waals surface area contributed by atoms with Crippen LogP contribution in [0.3, 0.4) is 0 Å². The van der Waals surface area contributed by atoms with Crippen molar-refractivity contribution in [2.45, 2.75) is 9.79 Å². The molecule has 0 unspecified atom stereocenters. The monoisotopic (exact) mass is 259 g/mol. The number of fused-ring (bicyclic) bond motifs is 2. The second kappa shape index (κ2) is 4.46. The van der Waals surface area contributed by atoms with Crippen LogP contribution in [0, 0.1) is 0 Å². The number of methoxy groups -OCH3 is 2. The van der Waals surface area contributed by atoms with Crippen molar-refractivity contribution in [3.05, 3.63) is 36.4 Å². The highest BCUT2D eigenvalue weighted by Gasteiger charge is 2.21. The Hall–Kier alpha value is -1.81. The molecule has 0 aliphatic carbocycles. The van der Waals surface area contributed by atoms with Gasteiger partial charge in [0.2, 0.25) is 0 Å². The Morgan fingerprint density at radius 3 is 1.78 bits per heavy atom. The van der Waals surface area contributed by atoms with Gasteiger partial charge in [0.1, 0.15) is 11.5 Å². The summed E-state index contributed by atoms with van der Waals surface area (Å²) in [7, 11) is 3.36. The van der Waals surface area contributed by atoms with Crippen LogP contribution in [0.15, 0.2) is 46.2 Å². The van der Waals surface area contributed by atoms with Crippen LogP contribution in [-0.4, -0.2) is 14.2 Å². The summed E-state index contributed by atoms with van der Waals surface area (Å²) in [5.74, 6) is 1.69. The first-order chi connectivity index (χ1) is 8.83. The molecule has 0 saturated carbocycles. The van der Waals surface area contributed by atoms with E-state index in [9.17, 15) is 0 Å². The van der Waals surface area contributed by atoms with Crippen molar-refractivity contribution in [3.63, 3.8) is 0 Å². The first-order valence-electron chi connectivity index (χ1n) is 5.62. The zero-order chi connectivity index (χ0) is 12.5. The summed E-state index contributed by atoms with van der Waals surface area (Å²) in [6.07, 6.45) is 0. The molecule has 4 heteroatoms. The van der Waals surface area contributed by atoms with Crippen LogP contribution < -0.4 is 14.8 Å². The predicted octanol–water partition coefficient (Wildman–Crippen LogP) is 3.91. The molecule has 0 radical (unpaired) electrons. The number of benzene rings is 2. The molecule has 3 rings (SSSR count). The zero-order valence-corrected chi connectivity index (χ0v) is 11.0. The summed E-state index contributed by atoms with van der Waals surface area (Å²) < 4.78 is 10.8. The minimum atomic E-state index is 0.844. The Labute approximate surface area is 110 Å². The minimum Gasteiger partial charge on any atom is -0.495 e. The Balaban J connectivity index is 2.12. The fourth-order valence-corrected chi connectivity index (χ4v) is 3.06. The summed E-state index contributed by atoms with van der Waals surface area (Å²) in [4.78, 5) is 2.32. The highest BCUT2D eigenvalue weighted by atomic mass is 32.2. The van der Waals surface area contributed by atoms with Crippen molar-refractivity contribution in [2.75, 3.05) is 19.5 Å². The molecule has 1 aliphatic heterocycles. The van der Waals surface area contributed by atoms with Gasteiger partial charge in [-0.1, -0.05) is 23.9 Å². The summed E-state index contributed by atoms with van der Waals surface area (Å²) >= 11 is 1.72. The van der Waals surface area contributed by atoms with E-state index in [-0.39, 0.29) is 0 Å². The van der Waals surface area contributed by atoms with E-state index in [1.807, 2.05) is 24.3 Å². The van der Waals surface area contributed by atoms with Gasteiger partial charge >= 0.3 is 0 Å². The maximum atomic E-state index is 5.38. The molecule has 0 atom stereocenters. The van der Waals surface area contributed by atoms with Crippen LogP contribution in [0.4, 0.5) is 11.4 Å². The smallest absolute Gasteiger partial charge is 0.143 e. The van der Waals surface area contributed by atoms with E-state index in [0.717, 1.165) is 32.7 Å². The van der Waals surface area contributed by atoms with Crippen LogP contribution in [0.1, 0.15) is 0 Å². The van der Waals surface area contributed by atoms with Crippen molar-refractivity contribution in [1.29, 1.82) is 0 Å². The van der Waals surface area contributed by atoms with Crippen molar-refractivity contribution in [2.24, 2.45) is 0 Å². The topological polar surface area (TPSA) is 30.5 Å². The van der Waals surface area contributed by atoms with Crippen molar-refractivity contribution < 1.29 is 9.47 Å². The predicted molar refractivity (Wildman–Crippen MR) is 73.4 cm³/mol. The van der Waals surface area contributed by atoms with Crippen molar-refractivity contribution in [1.82, 2.24) is 0 Å². The van der Waals surface area contributed by atoms with E-state index < -0.39 is 0 Å². The molecule has 0 spiro atoms. The molecule has 0 aromatic heterocycles.